The molecule has 0 saturated heterocycles. The highest BCUT2D eigenvalue weighted by atomic mass is 32.2. The first-order chi connectivity index (χ1) is 14.0. The molecule has 0 spiro atoms. The van der Waals surface area contributed by atoms with Crippen molar-refractivity contribution >= 4 is 32.4 Å². The van der Waals surface area contributed by atoms with Gasteiger partial charge in [0.1, 0.15) is 5.75 Å². The summed E-state index contributed by atoms with van der Waals surface area (Å²) in [5.74, 6) is 0.636. The van der Waals surface area contributed by atoms with Crippen LogP contribution in [0.3, 0.4) is 0 Å². The van der Waals surface area contributed by atoms with Crippen molar-refractivity contribution in [3.05, 3.63) is 71.2 Å². The minimum Gasteiger partial charge on any atom is -0.497 e. The van der Waals surface area contributed by atoms with Crippen molar-refractivity contribution in [1.29, 1.82) is 0 Å². The number of hydrogen-bond acceptors (Lipinski definition) is 6. The van der Waals surface area contributed by atoms with Crippen LogP contribution in [0, 0.1) is 0 Å². The van der Waals surface area contributed by atoms with Gasteiger partial charge in [-0.05, 0) is 36.2 Å². The molecule has 1 heterocycles. The normalized spacial score (nSPS) is 11.1. The first-order valence-electron chi connectivity index (χ1n) is 8.88. The Labute approximate surface area is 173 Å². The third kappa shape index (κ3) is 6.03. The number of anilines is 1. The molecule has 3 aromatic rings. The van der Waals surface area contributed by atoms with Gasteiger partial charge >= 0.3 is 0 Å². The topological polar surface area (TPSA) is 97.4 Å². The minimum atomic E-state index is -3.67. The lowest BCUT2D eigenvalue weighted by Crippen LogP contribution is -2.23. The molecule has 0 unspecified atom stereocenters. The van der Waals surface area contributed by atoms with Crippen LogP contribution in [0.4, 0.5) is 5.13 Å². The number of benzene rings is 2. The molecular formula is C20H21N3O4S2. The number of nitrogens with one attached hydrogen (secondary N) is 2. The standard InChI is InChI=1S/C20H21N3O4S2/c1-27-17-7-5-6-15(12-17)13-21-19(24)11-10-16-14-28-20(22-16)23-29(25,26)18-8-3-2-4-9-18/h2-9,12,14H,10-11,13H2,1H3,(H,21,24)(H,22,23). The van der Waals surface area contributed by atoms with Crippen molar-refractivity contribution in [2.75, 3.05) is 11.8 Å². The predicted molar refractivity (Wildman–Crippen MR) is 113 cm³/mol. The van der Waals surface area contributed by atoms with E-state index in [0.717, 1.165) is 11.3 Å². The van der Waals surface area contributed by atoms with E-state index in [1.54, 1.807) is 30.7 Å². The number of sulfonamides is 1. The lowest BCUT2D eigenvalue weighted by Gasteiger charge is -2.06. The SMILES string of the molecule is COc1cccc(CNC(=O)CCc2csc(NS(=O)(=O)c3ccccc3)n2)c1. The molecule has 0 saturated carbocycles. The maximum absolute atomic E-state index is 12.3. The molecule has 1 amide bonds. The van der Waals surface area contributed by atoms with Crippen LogP contribution in [0.25, 0.3) is 0 Å². The summed E-state index contributed by atoms with van der Waals surface area (Å²) in [5, 5.41) is 4.88. The Bertz CT molecular complexity index is 1070. The second kappa shape index (κ2) is 9.53. The van der Waals surface area contributed by atoms with E-state index in [4.69, 9.17) is 4.74 Å². The number of carbonyl (C=O) groups excluding carboxylic acids is 1. The number of carbonyl (C=O) groups is 1. The smallest absolute Gasteiger partial charge is 0.263 e. The number of nitrogens with zero attached hydrogens (tertiary/aromatic N) is 1. The number of methoxy groups -OCH3 is 1. The summed E-state index contributed by atoms with van der Waals surface area (Å²) in [6, 6.07) is 15.6. The average molecular weight is 432 g/mol. The third-order valence-electron chi connectivity index (χ3n) is 4.06. The molecule has 0 aliphatic rings. The largest absolute Gasteiger partial charge is 0.497 e. The summed E-state index contributed by atoms with van der Waals surface area (Å²) >= 11 is 1.19. The summed E-state index contributed by atoms with van der Waals surface area (Å²) in [4.78, 5) is 16.5. The lowest BCUT2D eigenvalue weighted by atomic mass is 10.2. The molecule has 0 fully saturated rings. The zero-order valence-corrected chi connectivity index (χ0v) is 17.4. The Hall–Kier alpha value is -2.91. The lowest BCUT2D eigenvalue weighted by molar-refractivity contribution is -0.121. The van der Waals surface area contributed by atoms with E-state index in [-0.39, 0.29) is 22.4 Å². The average Bonchev–Trinajstić information content (AvgIpc) is 3.18. The molecule has 7 nitrogen and oxygen atoms in total. The van der Waals surface area contributed by atoms with Crippen LogP contribution in [-0.4, -0.2) is 26.4 Å². The van der Waals surface area contributed by atoms with Gasteiger partial charge in [-0.25, -0.2) is 13.4 Å². The van der Waals surface area contributed by atoms with Gasteiger partial charge in [0.25, 0.3) is 10.0 Å². The van der Waals surface area contributed by atoms with Gasteiger partial charge in [-0.15, -0.1) is 11.3 Å². The first kappa shape index (κ1) is 20.8. The van der Waals surface area contributed by atoms with E-state index in [9.17, 15) is 13.2 Å². The number of thiazole rings is 1. The number of aromatic nitrogens is 1. The van der Waals surface area contributed by atoms with Crippen LogP contribution in [-0.2, 0) is 27.8 Å². The molecule has 2 aromatic carbocycles. The Morgan fingerprint density at radius 2 is 1.93 bits per heavy atom. The van der Waals surface area contributed by atoms with Crippen molar-refractivity contribution in [1.82, 2.24) is 10.3 Å². The second-order valence-corrected chi connectivity index (χ2v) is 8.73. The monoisotopic (exact) mass is 431 g/mol. The Balaban J connectivity index is 1.49. The minimum absolute atomic E-state index is 0.104. The molecule has 0 aliphatic carbocycles. The molecule has 0 bridgehead atoms. The molecule has 29 heavy (non-hydrogen) atoms. The Morgan fingerprint density at radius 3 is 2.69 bits per heavy atom. The quantitative estimate of drug-likeness (QED) is 0.542. The van der Waals surface area contributed by atoms with Gasteiger partial charge in [-0.3, -0.25) is 9.52 Å². The van der Waals surface area contributed by atoms with E-state index >= 15 is 0 Å². The van der Waals surface area contributed by atoms with Crippen LogP contribution in [0.2, 0.25) is 0 Å². The fraction of sp³-hybridized carbons (Fsp3) is 0.200. The van der Waals surface area contributed by atoms with E-state index < -0.39 is 10.0 Å². The van der Waals surface area contributed by atoms with Crippen molar-refractivity contribution < 1.29 is 17.9 Å². The second-order valence-electron chi connectivity index (χ2n) is 6.19. The molecule has 2 N–H and O–H groups in total. The van der Waals surface area contributed by atoms with E-state index in [2.05, 4.69) is 15.0 Å². The van der Waals surface area contributed by atoms with Gasteiger partial charge < -0.3 is 10.1 Å². The van der Waals surface area contributed by atoms with Gasteiger partial charge in [-0.2, -0.15) is 0 Å². The Kier molecular flexibility index (Phi) is 6.84. The van der Waals surface area contributed by atoms with Crippen molar-refractivity contribution in [2.45, 2.75) is 24.3 Å². The number of aryl methyl sites for hydroxylation is 1. The Morgan fingerprint density at radius 1 is 1.14 bits per heavy atom. The van der Waals surface area contributed by atoms with Crippen molar-refractivity contribution in [3.63, 3.8) is 0 Å². The predicted octanol–water partition coefficient (Wildman–Crippen LogP) is 3.20. The van der Waals surface area contributed by atoms with Crippen LogP contribution in [0.1, 0.15) is 17.7 Å². The molecule has 0 atom stereocenters. The highest BCUT2D eigenvalue weighted by Crippen LogP contribution is 2.21. The van der Waals surface area contributed by atoms with Crippen LogP contribution in [0.15, 0.2) is 64.9 Å². The van der Waals surface area contributed by atoms with Gasteiger partial charge in [-0.1, -0.05) is 30.3 Å². The van der Waals surface area contributed by atoms with Crippen molar-refractivity contribution in [3.8, 4) is 5.75 Å². The third-order valence-corrected chi connectivity index (χ3v) is 6.35. The zero-order valence-electron chi connectivity index (χ0n) is 15.8. The van der Waals surface area contributed by atoms with Crippen LogP contribution >= 0.6 is 11.3 Å². The van der Waals surface area contributed by atoms with Crippen LogP contribution in [0.5, 0.6) is 5.75 Å². The first-order valence-corrected chi connectivity index (χ1v) is 11.2. The molecule has 0 radical (unpaired) electrons. The number of rotatable bonds is 9. The summed E-state index contributed by atoms with van der Waals surface area (Å²) in [5.41, 5.74) is 1.61. The number of hydrogen-bond donors (Lipinski definition) is 2. The molecule has 9 heteroatoms. The molecule has 152 valence electrons. The zero-order chi connectivity index (χ0) is 20.7. The van der Waals surface area contributed by atoms with E-state index in [0.29, 0.717) is 18.7 Å². The number of amides is 1. The van der Waals surface area contributed by atoms with E-state index in [1.165, 1.54) is 23.5 Å². The highest BCUT2D eigenvalue weighted by Gasteiger charge is 2.15. The van der Waals surface area contributed by atoms with Gasteiger partial charge in [0, 0.05) is 18.3 Å². The molecule has 0 aliphatic heterocycles. The van der Waals surface area contributed by atoms with Gasteiger partial charge in [0.05, 0.1) is 17.7 Å². The molecule has 3 rings (SSSR count). The van der Waals surface area contributed by atoms with Gasteiger partial charge in [0.15, 0.2) is 5.13 Å². The maximum Gasteiger partial charge on any atom is 0.263 e. The molecular weight excluding hydrogens is 410 g/mol. The van der Waals surface area contributed by atoms with Crippen molar-refractivity contribution in [2.24, 2.45) is 0 Å². The van der Waals surface area contributed by atoms with Crippen LogP contribution < -0.4 is 14.8 Å². The molecule has 1 aromatic heterocycles. The summed E-state index contributed by atoms with van der Waals surface area (Å²) in [6.45, 7) is 0.412. The number of ether oxygens (including phenoxy) is 1. The van der Waals surface area contributed by atoms with E-state index in [1.807, 2.05) is 24.3 Å². The fourth-order valence-corrected chi connectivity index (χ4v) is 4.57. The highest BCUT2D eigenvalue weighted by molar-refractivity contribution is 7.93. The summed E-state index contributed by atoms with van der Waals surface area (Å²) in [7, 11) is -2.07. The fourth-order valence-electron chi connectivity index (χ4n) is 2.56. The van der Waals surface area contributed by atoms with Gasteiger partial charge in [0.2, 0.25) is 5.91 Å². The summed E-state index contributed by atoms with van der Waals surface area (Å²) < 4.78 is 32.3. The maximum atomic E-state index is 12.3. The summed E-state index contributed by atoms with van der Waals surface area (Å²) in [6.07, 6.45) is 0.687.